The Labute approximate surface area is 98.3 Å². The fraction of sp³-hybridized carbons (Fsp3) is 0.500. The number of nitrogens with one attached hydrogen (secondary N) is 1. The highest BCUT2D eigenvalue weighted by Gasteiger charge is 2.26. The second-order valence-corrected chi connectivity index (χ2v) is 4.14. The maximum Gasteiger partial charge on any atom is 0.125 e. The van der Waals surface area contributed by atoms with E-state index in [-0.39, 0.29) is 0 Å². The zero-order valence-corrected chi connectivity index (χ0v) is 10.2. The molecule has 86 valence electrons. The van der Waals surface area contributed by atoms with E-state index in [2.05, 4.69) is 25.2 Å². The molecule has 0 aliphatic carbocycles. The molecule has 1 rings (SSSR count). The minimum absolute atomic E-state index is 0.405. The molecule has 0 fully saturated rings. The zero-order valence-electron chi connectivity index (χ0n) is 10.2. The van der Waals surface area contributed by atoms with Gasteiger partial charge in [0.05, 0.1) is 6.07 Å². The molecule has 1 aromatic rings. The third kappa shape index (κ3) is 3.27. The number of unbranched alkanes of at least 4 members (excludes halogenated alkanes) is 1. The van der Waals surface area contributed by atoms with Crippen LogP contribution in [-0.2, 0) is 0 Å². The fourth-order valence-electron chi connectivity index (χ4n) is 1.77. The number of nitriles is 1. The standard InChI is InChI=1S/C14H20N2/c1-3-5-11-14(4-2,12-15)16-13-9-7-6-8-10-13/h6-10,16H,3-5,11H2,1-2H3. The fourth-order valence-corrected chi connectivity index (χ4v) is 1.77. The monoisotopic (exact) mass is 216 g/mol. The zero-order chi connectivity index (χ0) is 11.9. The summed E-state index contributed by atoms with van der Waals surface area (Å²) in [5.41, 5.74) is 0.624. The first-order valence-electron chi connectivity index (χ1n) is 6.01. The molecule has 2 nitrogen and oxygen atoms in total. The SMILES string of the molecule is CCCCC(C#N)(CC)Nc1ccccc1. The van der Waals surface area contributed by atoms with Gasteiger partial charge in [0.2, 0.25) is 0 Å². The van der Waals surface area contributed by atoms with Gasteiger partial charge in [-0.2, -0.15) is 5.26 Å². The molecule has 0 aliphatic rings. The van der Waals surface area contributed by atoms with E-state index in [1.165, 1.54) is 0 Å². The van der Waals surface area contributed by atoms with Crippen LogP contribution in [0.1, 0.15) is 39.5 Å². The summed E-state index contributed by atoms with van der Waals surface area (Å²) in [5.74, 6) is 0. The summed E-state index contributed by atoms with van der Waals surface area (Å²) in [6, 6.07) is 12.4. The van der Waals surface area contributed by atoms with Gasteiger partial charge in [-0.05, 0) is 25.0 Å². The molecule has 0 spiro atoms. The van der Waals surface area contributed by atoms with E-state index < -0.39 is 5.54 Å². The third-order valence-corrected chi connectivity index (χ3v) is 2.93. The van der Waals surface area contributed by atoms with Gasteiger partial charge in [-0.3, -0.25) is 0 Å². The van der Waals surface area contributed by atoms with Crippen LogP contribution in [0.3, 0.4) is 0 Å². The molecule has 16 heavy (non-hydrogen) atoms. The number of anilines is 1. The van der Waals surface area contributed by atoms with Crippen molar-refractivity contribution in [2.24, 2.45) is 0 Å². The molecule has 1 aromatic carbocycles. The van der Waals surface area contributed by atoms with E-state index in [1.807, 2.05) is 30.3 Å². The maximum atomic E-state index is 9.35. The van der Waals surface area contributed by atoms with Gasteiger partial charge in [0.15, 0.2) is 0 Å². The highest BCUT2D eigenvalue weighted by atomic mass is 15.0. The molecule has 0 amide bonds. The summed E-state index contributed by atoms with van der Waals surface area (Å²) >= 11 is 0. The average Bonchev–Trinajstić information content (AvgIpc) is 2.36. The van der Waals surface area contributed by atoms with E-state index in [1.54, 1.807) is 0 Å². The summed E-state index contributed by atoms with van der Waals surface area (Å²) in [4.78, 5) is 0. The van der Waals surface area contributed by atoms with Crippen LogP contribution >= 0.6 is 0 Å². The lowest BCUT2D eigenvalue weighted by molar-refractivity contribution is 0.497. The lowest BCUT2D eigenvalue weighted by Crippen LogP contribution is -2.35. The minimum atomic E-state index is -0.405. The molecule has 0 heterocycles. The molecule has 0 saturated heterocycles. The largest absolute Gasteiger partial charge is 0.367 e. The Balaban J connectivity index is 2.75. The van der Waals surface area contributed by atoms with Crippen molar-refractivity contribution in [2.75, 3.05) is 5.32 Å². The molecule has 0 radical (unpaired) electrons. The van der Waals surface area contributed by atoms with Crippen molar-refractivity contribution in [3.05, 3.63) is 30.3 Å². The number of rotatable bonds is 6. The first-order valence-corrected chi connectivity index (χ1v) is 6.01. The third-order valence-electron chi connectivity index (χ3n) is 2.93. The van der Waals surface area contributed by atoms with Crippen LogP contribution in [0.15, 0.2) is 30.3 Å². The Morgan fingerprint density at radius 3 is 2.44 bits per heavy atom. The van der Waals surface area contributed by atoms with E-state index in [4.69, 9.17) is 0 Å². The maximum absolute atomic E-state index is 9.35. The van der Waals surface area contributed by atoms with E-state index in [0.717, 1.165) is 31.4 Å². The summed E-state index contributed by atoms with van der Waals surface area (Å²) in [6.45, 7) is 4.22. The lowest BCUT2D eigenvalue weighted by Gasteiger charge is -2.27. The van der Waals surface area contributed by atoms with Gasteiger partial charge in [-0.1, -0.05) is 44.9 Å². The summed E-state index contributed by atoms with van der Waals surface area (Å²) in [6.07, 6.45) is 3.95. The minimum Gasteiger partial charge on any atom is -0.367 e. The quantitative estimate of drug-likeness (QED) is 0.781. The predicted octanol–water partition coefficient (Wildman–Crippen LogP) is 3.96. The Morgan fingerprint density at radius 1 is 1.25 bits per heavy atom. The van der Waals surface area contributed by atoms with Gasteiger partial charge >= 0.3 is 0 Å². The topological polar surface area (TPSA) is 35.8 Å². The van der Waals surface area contributed by atoms with E-state index in [9.17, 15) is 5.26 Å². The van der Waals surface area contributed by atoms with Crippen LogP contribution in [0.4, 0.5) is 5.69 Å². The van der Waals surface area contributed by atoms with Crippen LogP contribution < -0.4 is 5.32 Å². The molecular formula is C14H20N2. The number of nitrogens with zero attached hydrogens (tertiary/aromatic N) is 1. The molecule has 0 saturated carbocycles. The van der Waals surface area contributed by atoms with Crippen molar-refractivity contribution in [3.63, 3.8) is 0 Å². The highest BCUT2D eigenvalue weighted by Crippen LogP contribution is 2.23. The van der Waals surface area contributed by atoms with Gasteiger partial charge in [0.25, 0.3) is 0 Å². The van der Waals surface area contributed by atoms with Gasteiger partial charge in [0.1, 0.15) is 5.54 Å². The molecule has 1 atom stereocenters. The van der Waals surface area contributed by atoms with Crippen LogP contribution in [0.25, 0.3) is 0 Å². The first-order chi connectivity index (χ1) is 7.76. The van der Waals surface area contributed by atoms with Crippen molar-refractivity contribution in [1.29, 1.82) is 5.26 Å². The van der Waals surface area contributed by atoms with Gasteiger partial charge < -0.3 is 5.32 Å². The molecule has 2 heteroatoms. The van der Waals surface area contributed by atoms with Crippen LogP contribution in [0, 0.1) is 11.3 Å². The smallest absolute Gasteiger partial charge is 0.125 e. The molecule has 0 bridgehead atoms. The Hall–Kier alpha value is -1.49. The number of hydrogen-bond donors (Lipinski definition) is 1. The van der Waals surface area contributed by atoms with Crippen LogP contribution in [0.2, 0.25) is 0 Å². The number of hydrogen-bond acceptors (Lipinski definition) is 2. The molecule has 1 unspecified atom stereocenters. The van der Waals surface area contributed by atoms with Crippen molar-refractivity contribution >= 4 is 5.69 Å². The summed E-state index contributed by atoms with van der Waals surface area (Å²) in [7, 11) is 0. The van der Waals surface area contributed by atoms with Crippen molar-refractivity contribution < 1.29 is 0 Å². The Kier molecular flexibility index (Phi) is 4.85. The van der Waals surface area contributed by atoms with E-state index >= 15 is 0 Å². The van der Waals surface area contributed by atoms with Crippen LogP contribution in [0.5, 0.6) is 0 Å². The lowest BCUT2D eigenvalue weighted by atomic mass is 9.91. The van der Waals surface area contributed by atoms with Gasteiger partial charge in [-0.25, -0.2) is 0 Å². The van der Waals surface area contributed by atoms with E-state index in [0.29, 0.717) is 0 Å². The highest BCUT2D eigenvalue weighted by molar-refractivity contribution is 5.47. The molecular weight excluding hydrogens is 196 g/mol. The van der Waals surface area contributed by atoms with Gasteiger partial charge in [0, 0.05) is 5.69 Å². The Bertz CT molecular complexity index is 340. The summed E-state index contributed by atoms with van der Waals surface area (Å²) in [5, 5.41) is 12.7. The van der Waals surface area contributed by atoms with Crippen molar-refractivity contribution in [3.8, 4) is 6.07 Å². The number of benzene rings is 1. The summed E-state index contributed by atoms with van der Waals surface area (Å²) < 4.78 is 0. The number of para-hydroxylation sites is 1. The normalized spacial score (nSPS) is 13.8. The van der Waals surface area contributed by atoms with Crippen LogP contribution in [-0.4, -0.2) is 5.54 Å². The first kappa shape index (κ1) is 12.6. The average molecular weight is 216 g/mol. The Morgan fingerprint density at radius 2 is 1.94 bits per heavy atom. The second-order valence-electron chi connectivity index (χ2n) is 4.14. The predicted molar refractivity (Wildman–Crippen MR) is 68.2 cm³/mol. The molecule has 0 aromatic heterocycles. The van der Waals surface area contributed by atoms with Gasteiger partial charge in [-0.15, -0.1) is 0 Å². The molecule has 1 N–H and O–H groups in total. The van der Waals surface area contributed by atoms with Crippen molar-refractivity contribution in [2.45, 2.75) is 45.1 Å². The molecule has 0 aliphatic heterocycles. The second kappa shape index (κ2) is 6.17. The van der Waals surface area contributed by atoms with Crippen molar-refractivity contribution in [1.82, 2.24) is 0 Å².